The molecule has 0 spiro atoms. The minimum absolute atomic E-state index is 0. The molecule has 0 aliphatic carbocycles. The van der Waals surface area contributed by atoms with E-state index in [9.17, 15) is 0 Å². The maximum absolute atomic E-state index is 6.03. The summed E-state index contributed by atoms with van der Waals surface area (Å²) in [7, 11) is 1.81. The van der Waals surface area contributed by atoms with Gasteiger partial charge in [-0.3, -0.25) is 9.89 Å². The average Bonchev–Trinajstić information content (AvgIpc) is 3.17. The molecule has 1 aromatic rings. The Hall–Kier alpha value is -1.06. The van der Waals surface area contributed by atoms with Crippen LogP contribution in [0.1, 0.15) is 45.2 Å². The number of rotatable bonds is 7. The lowest BCUT2D eigenvalue weighted by atomic mass is 10.1. The van der Waals surface area contributed by atoms with Crippen molar-refractivity contribution < 1.29 is 9.47 Å². The van der Waals surface area contributed by atoms with Crippen molar-refractivity contribution >= 4 is 29.9 Å². The van der Waals surface area contributed by atoms with E-state index in [0.717, 1.165) is 38.0 Å². The van der Waals surface area contributed by atoms with Gasteiger partial charge >= 0.3 is 0 Å². The van der Waals surface area contributed by atoms with Crippen LogP contribution in [0.15, 0.2) is 29.3 Å². The lowest BCUT2D eigenvalue weighted by molar-refractivity contribution is -0.0453. The summed E-state index contributed by atoms with van der Waals surface area (Å²) in [6.07, 6.45) is 2.80. The second-order valence-electron chi connectivity index (χ2n) is 8.34. The summed E-state index contributed by atoms with van der Waals surface area (Å²) in [4.78, 5) is 6.94. The first-order valence-corrected chi connectivity index (χ1v) is 10.6. The fraction of sp³-hybridized carbons (Fsp3) is 0.682. The third-order valence-electron chi connectivity index (χ3n) is 5.50. The van der Waals surface area contributed by atoms with Gasteiger partial charge in [-0.1, -0.05) is 26.0 Å². The summed E-state index contributed by atoms with van der Waals surface area (Å²) in [6, 6.07) is 9.08. The van der Waals surface area contributed by atoms with Crippen molar-refractivity contribution in [3.63, 3.8) is 0 Å². The molecule has 6 nitrogen and oxygen atoms in total. The Labute approximate surface area is 192 Å². The quantitative estimate of drug-likeness (QED) is 0.331. The number of morpholine rings is 1. The molecular weight excluding hydrogens is 479 g/mol. The molecule has 2 aliphatic heterocycles. The van der Waals surface area contributed by atoms with Crippen molar-refractivity contribution in [3.8, 4) is 5.75 Å². The highest BCUT2D eigenvalue weighted by Gasteiger charge is 2.32. The largest absolute Gasteiger partial charge is 0.493 e. The second kappa shape index (κ2) is 12.0. The number of hydrogen-bond donors (Lipinski definition) is 2. The molecule has 2 saturated heterocycles. The highest BCUT2D eigenvalue weighted by molar-refractivity contribution is 14.0. The number of benzene rings is 1. The Morgan fingerprint density at radius 1 is 1.28 bits per heavy atom. The molecule has 164 valence electrons. The first-order chi connectivity index (χ1) is 13.5. The third kappa shape index (κ3) is 7.29. The molecule has 2 aliphatic rings. The molecule has 0 bridgehead atoms. The number of fused-ring (bicyclic) bond motifs is 1. The molecule has 2 N–H and O–H groups in total. The maximum atomic E-state index is 6.03. The Morgan fingerprint density at radius 2 is 2.03 bits per heavy atom. The number of guanidine groups is 1. The van der Waals surface area contributed by atoms with E-state index >= 15 is 0 Å². The van der Waals surface area contributed by atoms with Gasteiger partial charge in [0.25, 0.3) is 0 Å². The standard InChI is InChI=1S/C22H36N4O2.HI/c1-16(2)14-27-20-9-7-18(8-10-20)17(3)25-22(23-4)24-12-21-13-26-11-5-6-19(26)15-28-21;/h7-10,16-17,19,21H,5-6,11-15H2,1-4H3,(H2,23,24,25);1H. The summed E-state index contributed by atoms with van der Waals surface area (Å²) >= 11 is 0. The van der Waals surface area contributed by atoms with Crippen LogP contribution < -0.4 is 15.4 Å². The van der Waals surface area contributed by atoms with E-state index in [2.05, 4.69) is 53.4 Å². The topological polar surface area (TPSA) is 58.1 Å². The van der Waals surface area contributed by atoms with E-state index in [-0.39, 0.29) is 36.1 Å². The van der Waals surface area contributed by atoms with Gasteiger partial charge in [0.2, 0.25) is 0 Å². The van der Waals surface area contributed by atoms with Gasteiger partial charge in [0.05, 0.1) is 25.4 Å². The predicted octanol–water partition coefficient (Wildman–Crippen LogP) is 3.43. The predicted molar refractivity (Wildman–Crippen MR) is 129 cm³/mol. The highest BCUT2D eigenvalue weighted by atomic mass is 127. The third-order valence-corrected chi connectivity index (χ3v) is 5.50. The molecule has 7 heteroatoms. The van der Waals surface area contributed by atoms with Crippen molar-refractivity contribution in [2.24, 2.45) is 10.9 Å². The molecule has 0 radical (unpaired) electrons. The Morgan fingerprint density at radius 3 is 2.72 bits per heavy atom. The molecule has 3 atom stereocenters. The van der Waals surface area contributed by atoms with Crippen LogP contribution in [0.2, 0.25) is 0 Å². The zero-order valence-electron chi connectivity index (χ0n) is 18.2. The molecule has 3 unspecified atom stereocenters. The van der Waals surface area contributed by atoms with E-state index in [0.29, 0.717) is 12.0 Å². The summed E-state index contributed by atoms with van der Waals surface area (Å²) in [5, 5.41) is 6.89. The molecule has 3 rings (SSSR count). The molecule has 1 aromatic carbocycles. The van der Waals surface area contributed by atoms with Crippen LogP contribution in [0, 0.1) is 5.92 Å². The molecule has 29 heavy (non-hydrogen) atoms. The first kappa shape index (κ1) is 24.2. The van der Waals surface area contributed by atoms with Crippen LogP contribution in [-0.2, 0) is 4.74 Å². The van der Waals surface area contributed by atoms with Crippen LogP contribution in [-0.4, -0.2) is 62.9 Å². The monoisotopic (exact) mass is 516 g/mol. The zero-order chi connectivity index (χ0) is 19.9. The summed E-state index contributed by atoms with van der Waals surface area (Å²) < 4.78 is 11.8. The summed E-state index contributed by atoms with van der Waals surface area (Å²) in [5.41, 5.74) is 1.20. The molecular formula is C22H37IN4O2. The molecule has 0 aromatic heterocycles. The van der Waals surface area contributed by atoms with Crippen molar-refractivity contribution in [3.05, 3.63) is 29.8 Å². The fourth-order valence-corrected chi connectivity index (χ4v) is 3.82. The van der Waals surface area contributed by atoms with Gasteiger partial charge in [0, 0.05) is 26.2 Å². The smallest absolute Gasteiger partial charge is 0.191 e. The molecule has 0 saturated carbocycles. The van der Waals surface area contributed by atoms with E-state index in [4.69, 9.17) is 9.47 Å². The van der Waals surface area contributed by atoms with Gasteiger partial charge in [-0.15, -0.1) is 24.0 Å². The van der Waals surface area contributed by atoms with Crippen LogP contribution in [0.4, 0.5) is 0 Å². The van der Waals surface area contributed by atoms with Crippen molar-refractivity contribution in [1.29, 1.82) is 0 Å². The average molecular weight is 516 g/mol. The van der Waals surface area contributed by atoms with E-state index in [1.54, 1.807) is 0 Å². The van der Waals surface area contributed by atoms with Gasteiger partial charge in [-0.25, -0.2) is 0 Å². The number of hydrogen-bond acceptors (Lipinski definition) is 4. The Kier molecular flexibility index (Phi) is 9.98. The van der Waals surface area contributed by atoms with Crippen LogP contribution in [0.5, 0.6) is 5.75 Å². The van der Waals surface area contributed by atoms with Crippen LogP contribution in [0.25, 0.3) is 0 Å². The van der Waals surface area contributed by atoms with E-state index in [1.807, 2.05) is 19.2 Å². The van der Waals surface area contributed by atoms with Crippen LogP contribution >= 0.6 is 24.0 Å². The second-order valence-corrected chi connectivity index (χ2v) is 8.34. The van der Waals surface area contributed by atoms with Gasteiger partial charge in [-0.2, -0.15) is 0 Å². The normalized spacial score (nSPS) is 23.3. The first-order valence-electron chi connectivity index (χ1n) is 10.6. The van der Waals surface area contributed by atoms with Gasteiger partial charge < -0.3 is 20.1 Å². The number of aliphatic imine (C=N–C) groups is 1. The minimum atomic E-state index is 0. The Bertz CT molecular complexity index is 638. The van der Waals surface area contributed by atoms with Gasteiger partial charge in [-0.05, 0) is 49.9 Å². The van der Waals surface area contributed by atoms with Gasteiger partial charge in [0.1, 0.15) is 5.75 Å². The number of halogens is 1. The fourth-order valence-electron chi connectivity index (χ4n) is 3.82. The van der Waals surface area contributed by atoms with Crippen LogP contribution in [0.3, 0.4) is 0 Å². The molecule has 2 heterocycles. The number of ether oxygens (including phenoxy) is 2. The minimum Gasteiger partial charge on any atom is -0.493 e. The zero-order valence-corrected chi connectivity index (χ0v) is 20.5. The SMILES string of the molecule is CN=C(NCC1CN2CCCC2CO1)NC(C)c1ccc(OCC(C)C)cc1.I. The number of nitrogens with one attached hydrogen (secondary N) is 2. The lowest BCUT2D eigenvalue weighted by Gasteiger charge is -2.35. The molecule has 0 amide bonds. The van der Waals surface area contributed by atoms with E-state index in [1.165, 1.54) is 24.9 Å². The Balaban J connectivity index is 0.00000300. The summed E-state index contributed by atoms with van der Waals surface area (Å²) in [5.74, 6) is 2.25. The highest BCUT2D eigenvalue weighted by Crippen LogP contribution is 2.22. The number of nitrogens with zero attached hydrogens (tertiary/aromatic N) is 2. The molecule has 2 fully saturated rings. The summed E-state index contributed by atoms with van der Waals surface area (Å²) in [6.45, 7) is 11.1. The maximum Gasteiger partial charge on any atom is 0.191 e. The van der Waals surface area contributed by atoms with Crippen molar-refractivity contribution in [2.45, 2.75) is 51.8 Å². The van der Waals surface area contributed by atoms with Crippen molar-refractivity contribution in [2.75, 3.05) is 39.9 Å². The van der Waals surface area contributed by atoms with E-state index < -0.39 is 0 Å². The van der Waals surface area contributed by atoms with Crippen molar-refractivity contribution in [1.82, 2.24) is 15.5 Å². The van der Waals surface area contributed by atoms with Gasteiger partial charge in [0.15, 0.2) is 5.96 Å². The lowest BCUT2D eigenvalue weighted by Crippen LogP contribution is -2.51.